The topological polar surface area (TPSA) is 71.8 Å². The van der Waals surface area contributed by atoms with Crippen molar-refractivity contribution in [3.63, 3.8) is 0 Å². The first-order valence-electron chi connectivity index (χ1n) is 7.42. The van der Waals surface area contributed by atoms with Gasteiger partial charge in [0.25, 0.3) is 5.91 Å². The first kappa shape index (κ1) is 16.2. The molecule has 2 N–H and O–H groups in total. The third-order valence-corrected chi connectivity index (χ3v) is 4.27. The van der Waals surface area contributed by atoms with Gasteiger partial charge in [-0.05, 0) is 44.1 Å². The number of carbonyl (C=O) groups is 1. The second-order valence-electron chi connectivity index (χ2n) is 5.55. The van der Waals surface area contributed by atoms with Crippen molar-refractivity contribution in [1.29, 1.82) is 0 Å². The number of rotatable bonds is 3. The highest BCUT2D eigenvalue weighted by molar-refractivity contribution is 6.35. The molecule has 1 saturated heterocycles. The second-order valence-corrected chi connectivity index (χ2v) is 6.43. The molecule has 1 aliphatic heterocycles. The maximum Gasteiger partial charge on any atom is 0.258 e. The summed E-state index contributed by atoms with van der Waals surface area (Å²) in [5, 5.41) is 11.3. The Morgan fingerprint density at radius 1 is 1.26 bits per heavy atom. The summed E-state index contributed by atoms with van der Waals surface area (Å²) in [4.78, 5) is 16.8. The molecule has 2 heterocycles. The number of benzene rings is 1. The quantitative estimate of drug-likeness (QED) is 0.889. The van der Waals surface area contributed by atoms with E-state index in [-0.39, 0.29) is 5.91 Å². The lowest BCUT2D eigenvalue weighted by atomic mass is 9.98. The van der Waals surface area contributed by atoms with Crippen LogP contribution in [0.2, 0.25) is 10.0 Å². The average Bonchev–Trinajstić information content (AvgIpc) is 2.88. The molecule has 1 aromatic heterocycles. The minimum atomic E-state index is -0.318. The van der Waals surface area contributed by atoms with E-state index in [1.807, 2.05) is 0 Å². The number of hydrogen-bond acceptors (Lipinski definition) is 4. The van der Waals surface area contributed by atoms with E-state index >= 15 is 0 Å². The maximum absolute atomic E-state index is 12.3. The molecule has 1 aromatic carbocycles. The molecular weight excluding hydrogens is 337 g/mol. The average molecular weight is 354 g/mol. The Balaban J connectivity index is 1.77. The molecule has 1 aliphatic rings. The Morgan fingerprint density at radius 3 is 2.57 bits per heavy atom. The molecule has 23 heavy (non-hydrogen) atoms. The van der Waals surface area contributed by atoms with E-state index in [1.165, 1.54) is 0 Å². The largest absolute Gasteiger partial charge is 0.317 e. The van der Waals surface area contributed by atoms with Crippen LogP contribution in [-0.4, -0.2) is 33.8 Å². The van der Waals surface area contributed by atoms with Crippen LogP contribution in [0.15, 0.2) is 18.2 Å². The number of halogens is 2. The molecule has 0 atom stereocenters. The molecule has 6 nitrogen and oxygen atoms in total. The van der Waals surface area contributed by atoms with Gasteiger partial charge in [0.2, 0.25) is 5.95 Å². The molecule has 0 bridgehead atoms. The molecule has 3 rings (SSSR count). The lowest BCUT2D eigenvalue weighted by Gasteiger charge is -2.19. The van der Waals surface area contributed by atoms with Crippen molar-refractivity contribution in [3.05, 3.63) is 39.6 Å². The number of aryl methyl sites for hydroxylation is 1. The van der Waals surface area contributed by atoms with E-state index in [4.69, 9.17) is 23.2 Å². The number of piperidine rings is 1. The van der Waals surface area contributed by atoms with Gasteiger partial charge in [-0.15, -0.1) is 0 Å². The number of anilines is 1. The van der Waals surface area contributed by atoms with E-state index < -0.39 is 0 Å². The molecular formula is C15H17Cl2N5O. The molecule has 0 unspecified atom stereocenters. The highest BCUT2D eigenvalue weighted by atomic mass is 35.5. The van der Waals surface area contributed by atoms with Crippen LogP contribution in [0.3, 0.4) is 0 Å². The van der Waals surface area contributed by atoms with Crippen molar-refractivity contribution in [3.8, 4) is 0 Å². The predicted octanol–water partition coefficient (Wildman–Crippen LogP) is 2.84. The second kappa shape index (κ2) is 6.86. The van der Waals surface area contributed by atoms with Gasteiger partial charge in [0.05, 0.1) is 0 Å². The van der Waals surface area contributed by atoms with Gasteiger partial charge in [0.1, 0.15) is 0 Å². The first-order valence-corrected chi connectivity index (χ1v) is 8.17. The zero-order chi connectivity index (χ0) is 16.4. The summed E-state index contributed by atoms with van der Waals surface area (Å²) in [5.74, 6) is 1.20. The molecule has 0 spiro atoms. The highest BCUT2D eigenvalue weighted by Crippen LogP contribution is 2.24. The summed E-state index contributed by atoms with van der Waals surface area (Å²) in [6.45, 7) is 1.93. The standard InChI is InChI=1S/C15H17Cl2N5O/c1-22-15(19-13(21-22)9-2-4-18-5-3-9)20-14(23)10-6-11(16)8-12(17)7-10/h6-9,18H,2-5H2,1H3,(H,19,20,21,23). The van der Waals surface area contributed by atoms with Crippen molar-refractivity contribution in [1.82, 2.24) is 20.1 Å². The van der Waals surface area contributed by atoms with Crippen LogP contribution in [0.1, 0.15) is 34.9 Å². The SMILES string of the molecule is Cn1nc(C2CCNCC2)nc1NC(=O)c1cc(Cl)cc(Cl)c1. The molecule has 2 aromatic rings. The van der Waals surface area contributed by atoms with Gasteiger partial charge in [-0.3, -0.25) is 10.1 Å². The van der Waals surface area contributed by atoms with E-state index in [2.05, 4.69) is 20.7 Å². The fraction of sp³-hybridized carbons (Fsp3) is 0.400. The molecule has 1 amide bonds. The Bertz CT molecular complexity index is 704. The molecule has 0 radical (unpaired) electrons. The maximum atomic E-state index is 12.3. The summed E-state index contributed by atoms with van der Waals surface area (Å²) in [7, 11) is 1.76. The lowest BCUT2D eigenvalue weighted by molar-refractivity contribution is 0.102. The monoisotopic (exact) mass is 353 g/mol. The Labute approximate surface area is 144 Å². The smallest absolute Gasteiger partial charge is 0.258 e. The first-order chi connectivity index (χ1) is 11.0. The van der Waals surface area contributed by atoms with Gasteiger partial charge in [0.15, 0.2) is 5.82 Å². The molecule has 0 saturated carbocycles. The Hall–Kier alpha value is -1.63. The summed E-state index contributed by atoms with van der Waals surface area (Å²) >= 11 is 11.9. The van der Waals surface area contributed by atoms with Gasteiger partial charge in [0, 0.05) is 28.6 Å². The highest BCUT2D eigenvalue weighted by Gasteiger charge is 2.21. The van der Waals surface area contributed by atoms with Crippen LogP contribution in [0, 0.1) is 0 Å². The number of nitrogens with one attached hydrogen (secondary N) is 2. The van der Waals surface area contributed by atoms with E-state index in [1.54, 1.807) is 29.9 Å². The number of amides is 1. The Morgan fingerprint density at radius 2 is 1.91 bits per heavy atom. The van der Waals surface area contributed by atoms with Crippen LogP contribution in [0.4, 0.5) is 5.95 Å². The molecule has 8 heteroatoms. The van der Waals surface area contributed by atoms with Gasteiger partial charge in [-0.1, -0.05) is 23.2 Å². The zero-order valence-corrected chi connectivity index (χ0v) is 14.2. The fourth-order valence-corrected chi connectivity index (χ4v) is 3.15. The summed E-state index contributed by atoms with van der Waals surface area (Å²) < 4.78 is 1.58. The minimum absolute atomic E-state index is 0.318. The van der Waals surface area contributed by atoms with Gasteiger partial charge < -0.3 is 5.32 Å². The van der Waals surface area contributed by atoms with Crippen LogP contribution in [0.5, 0.6) is 0 Å². The molecule has 122 valence electrons. The van der Waals surface area contributed by atoms with Crippen LogP contribution in [-0.2, 0) is 7.05 Å². The van der Waals surface area contributed by atoms with E-state index in [0.717, 1.165) is 31.8 Å². The number of hydrogen-bond donors (Lipinski definition) is 2. The third-order valence-electron chi connectivity index (χ3n) is 3.83. The van der Waals surface area contributed by atoms with Crippen molar-refractivity contribution < 1.29 is 4.79 Å². The fourth-order valence-electron chi connectivity index (χ4n) is 2.62. The van der Waals surface area contributed by atoms with Crippen LogP contribution >= 0.6 is 23.2 Å². The number of aromatic nitrogens is 3. The van der Waals surface area contributed by atoms with Crippen molar-refractivity contribution >= 4 is 35.1 Å². The van der Waals surface area contributed by atoms with Gasteiger partial charge in [-0.25, -0.2) is 4.68 Å². The van der Waals surface area contributed by atoms with Crippen LogP contribution < -0.4 is 10.6 Å². The number of nitrogens with zero attached hydrogens (tertiary/aromatic N) is 3. The summed E-state index contributed by atoms with van der Waals surface area (Å²) in [6, 6.07) is 4.71. The molecule has 1 fully saturated rings. The predicted molar refractivity (Wildman–Crippen MR) is 90.3 cm³/mol. The van der Waals surface area contributed by atoms with E-state index in [9.17, 15) is 4.79 Å². The third kappa shape index (κ3) is 3.83. The summed E-state index contributed by atoms with van der Waals surface area (Å²) in [6.07, 6.45) is 2.00. The van der Waals surface area contributed by atoms with Crippen molar-refractivity contribution in [2.75, 3.05) is 18.4 Å². The molecule has 0 aliphatic carbocycles. The summed E-state index contributed by atoms with van der Waals surface area (Å²) in [5.41, 5.74) is 0.383. The normalized spacial score (nSPS) is 15.6. The van der Waals surface area contributed by atoms with Crippen molar-refractivity contribution in [2.45, 2.75) is 18.8 Å². The van der Waals surface area contributed by atoms with Gasteiger partial charge >= 0.3 is 0 Å². The van der Waals surface area contributed by atoms with Crippen LogP contribution in [0.25, 0.3) is 0 Å². The number of carbonyl (C=O) groups excluding carboxylic acids is 1. The van der Waals surface area contributed by atoms with Gasteiger partial charge in [-0.2, -0.15) is 10.1 Å². The zero-order valence-electron chi connectivity index (χ0n) is 12.6. The minimum Gasteiger partial charge on any atom is -0.317 e. The van der Waals surface area contributed by atoms with Crippen molar-refractivity contribution in [2.24, 2.45) is 7.05 Å². The Kier molecular flexibility index (Phi) is 4.84. The lowest BCUT2D eigenvalue weighted by Crippen LogP contribution is -2.27. The van der Waals surface area contributed by atoms with E-state index in [0.29, 0.717) is 27.5 Å².